The number of piperidine rings is 1. The zero-order chi connectivity index (χ0) is 15.5. The van der Waals surface area contributed by atoms with Crippen LogP contribution in [-0.2, 0) is 14.8 Å². The molecule has 1 saturated heterocycles. The van der Waals surface area contributed by atoms with Gasteiger partial charge in [0.2, 0.25) is 0 Å². The molecule has 0 spiro atoms. The van der Waals surface area contributed by atoms with E-state index in [1.807, 2.05) is 6.92 Å². The molecule has 1 aromatic heterocycles. The van der Waals surface area contributed by atoms with Crippen molar-refractivity contribution in [3.05, 3.63) is 18.3 Å². The topological polar surface area (TPSA) is 71.5 Å². The number of nitrogens with zero attached hydrogens (tertiary/aromatic N) is 2. The number of sulfonamides is 1. The van der Waals surface area contributed by atoms with E-state index in [1.54, 1.807) is 19.2 Å². The highest BCUT2D eigenvalue weighted by molar-refractivity contribution is 7.89. The predicted octanol–water partition coefficient (Wildman–Crippen LogP) is 1.56. The lowest BCUT2D eigenvalue weighted by molar-refractivity contribution is 0.0183. The van der Waals surface area contributed by atoms with E-state index >= 15 is 0 Å². The second-order valence-corrected chi connectivity index (χ2v) is 7.14. The molecule has 21 heavy (non-hydrogen) atoms. The van der Waals surface area contributed by atoms with Crippen LogP contribution in [-0.4, -0.2) is 50.6 Å². The smallest absolute Gasteiger partial charge is 0.262 e. The lowest BCUT2D eigenvalue weighted by atomic mass is 9.97. The van der Waals surface area contributed by atoms with Crippen molar-refractivity contribution in [3.63, 3.8) is 0 Å². The summed E-state index contributed by atoms with van der Waals surface area (Å²) in [6.07, 6.45) is 2.23. The minimum atomic E-state index is -3.60. The summed E-state index contributed by atoms with van der Waals surface area (Å²) in [6.45, 7) is 5.54. The van der Waals surface area contributed by atoms with Gasteiger partial charge in [-0.2, -0.15) is 4.31 Å². The van der Waals surface area contributed by atoms with Crippen LogP contribution in [0.15, 0.2) is 23.4 Å². The molecule has 2 unspecified atom stereocenters. The summed E-state index contributed by atoms with van der Waals surface area (Å²) in [5.41, 5.74) is 0.549. The standard InChI is InChI=1S/C14H23N3O3S/c1-4-15-12-6-5-8-16-14(12)21(18,19)17-9-7-11(2)13(10-17)20-3/h5-6,8,11,13,15H,4,7,9-10H2,1-3H3. The Morgan fingerprint density at radius 3 is 2.95 bits per heavy atom. The number of hydrogen-bond donors (Lipinski definition) is 1. The molecule has 1 N–H and O–H groups in total. The first-order valence-corrected chi connectivity index (χ1v) is 8.66. The highest BCUT2D eigenvalue weighted by Gasteiger charge is 2.35. The number of aromatic nitrogens is 1. The molecule has 2 heterocycles. The fraction of sp³-hybridized carbons (Fsp3) is 0.643. The molecule has 0 bridgehead atoms. The maximum atomic E-state index is 12.8. The van der Waals surface area contributed by atoms with Crippen molar-refractivity contribution in [2.45, 2.75) is 31.4 Å². The van der Waals surface area contributed by atoms with Crippen LogP contribution in [0.5, 0.6) is 0 Å². The molecule has 0 amide bonds. The van der Waals surface area contributed by atoms with Gasteiger partial charge >= 0.3 is 0 Å². The fourth-order valence-electron chi connectivity index (χ4n) is 2.57. The third-order valence-corrected chi connectivity index (χ3v) is 5.70. The molecule has 1 aliphatic heterocycles. The number of pyridine rings is 1. The van der Waals surface area contributed by atoms with Crippen LogP contribution in [0.25, 0.3) is 0 Å². The van der Waals surface area contributed by atoms with E-state index in [0.717, 1.165) is 6.42 Å². The summed E-state index contributed by atoms with van der Waals surface area (Å²) < 4.78 is 32.5. The number of hydrogen-bond acceptors (Lipinski definition) is 5. The Kier molecular flexibility index (Phi) is 5.18. The average molecular weight is 313 g/mol. The van der Waals surface area contributed by atoms with E-state index < -0.39 is 10.0 Å². The number of methoxy groups -OCH3 is 1. The van der Waals surface area contributed by atoms with Gasteiger partial charge in [0.1, 0.15) is 0 Å². The molecule has 1 aliphatic rings. The van der Waals surface area contributed by atoms with Gasteiger partial charge in [0.05, 0.1) is 11.8 Å². The van der Waals surface area contributed by atoms with Crippen LogP contribution >= 0.6 is 0 Å². The molecule has 0 radical (unpaired) electrons. The maximum absolute atomic E-state index is 12.8. The SMILES string of the molecule is CCNc1cccnc1S(=O)(=O)N1CCC(C)C(OC)C1. The Hall–Kier alpha value is -1.18. The first-order chi connectivity index (χ1) is 10.0. The van der Waals surface area contributed by atoms with E-state index in [9.17, 15) is 8.42 Å². The zero-order valence-electron chi connectivity index (χ0n) is 12.7. The van der Waals surface area contributed by atoms with E-state index in [2.05, 4.69) is 17.2 Å². The van der Waals surface area contributed by atoms with Crippen molar-refractivity contribution < 1.29 is 13.2 Å². The third kappa shape index (κ3) is 3.36. The minimum Gasteiger partial charge on any atom is -0.383 e. The van der Waals surface area contributed by atoms with Crippen LogP contribution in [0.4, 0.5) is 5.69 Å². The van der Waals surface area contributed by atoms with Crippen LogP contribution in [0, 0.1) is 5.92 Å². The molecule has 2 rings (SSSR count). The van der Waals surface area contributed by atoms with Crippen molar-refractivity contribution >= 4 is 15.7 Å². The summed E-state index contributed by atoms with van der Waals surface area (Å²) >= 11 is 0. The lowest BCUT2D eigenvalue weighted by Crippen LogP contribution is -2.46. The van der Waals surface area contributed by atoms with Crippen molar-refractivity contribution in [2.75, 3.05) is 32.1 Å². The molecule has 118 valence electrons. The number of ether oxygens (including phenoxy) is 1. The van der Waals surface area contributed by atoms with Gasteiger partial charge in [0, 0.05) is 32.9 Å². The van der Waals surface area contributed by atoms with E-state index in [4.69, 9.17) is 4.74 Å². The van der Waals surface area contributed by atoms with Gasteiger partial charge < -0.3 is 10.1 Å². The van der Waals surface area contributed by atoms with Gasteiger partial charge in [-0.25, -0.2) is 13.4 Å². The minimum absolute atomic E-state index is 0.0696. The number of nitrogens with one attached hydrogen (secondary N) is 1. The molecule has 0 aromatic carbocycles. The summed E-state index contributed by atoms with van der Waals surface area (Å²) in [6, 6.07) is 3.47. The third-order valence-electron chi connectivity index (χ3n) is 3.88. The van der Waals surface area contributed by atoms with Crippen LogP contribution in [0.1, 0.15) is 20.3 Å². The quantitative estimate of drug-likeness (QED) is 0.893. The van der Waals surface area contributed by atoms with Gasteiger partial charge in [-0.3, -0.25) is 0 Å². The summed E-state index contributed by atoms with van der Waals surface area (Å²) in [5.74, 6) is 0.360. The molecule has 6 nitrogen and oxygen atoms in total. The molecule has 7 heteroatoms. The molecular formula is C14H23N3O3S. The number of rotatable bonds is 5. The summed E-state index contributed by atoms with van der Waals surface area (Å²) in [7, 11) is -1.97. The monoisotopic (exact) mass is 313 g/mol. The molecule has 0 saturated carbocycles. The van der Waals surface area contributed by atoms with Crippen molar-refractivity contribution in [1.82, 2.24) is 9.29 Å². The second-order valence-electron chi connectivity index (χ2n) is 5.29. The Labute approximate surface area is 126 Å². The largest absolute Gasteiger partial charge is 0.383 e. The Bertz CT molecular complexity index is 577. The number of anilines is 1. The van der Waals surface area contributed by atoms with Gasteiger partial charge in [-0.15, -0.1) is 0 Å². The van der Waals surface area contributed by atoms with Crippen LogP contribution < -0.4 is 5.32 Å². The first-order valence-electron chi connectivity index (χ1n) is 7.22. The molecule has 1 fully saturated rings. The second kappa shape index (κ2) is 6.72. The zero-order valence-corrected chi connectivity index (χ0v) is 13.6. The van der Waals surface area contributed by atoms with Crippen molar-refractivity contribution in [3.8, 4) is 0 Å². The Balaban J connectivity index is 2.30. The van der Waals surface area contributed by atoms with Gasteiger partial charge in [0.25, 0.3) is 10.0 Å². The average Bonchev–Trinajstić information content (AvgIpc) is 2.48. The van der Waals surface area contributed by atoms with E-state index in [0.29, 0.717) is 31.2 Å². The first kappa shape index (κ1) is 16.2. The Morgan fingerprint density at radius 1 is 1.52 bits per heavy atom. The van der Waals surface area contributed by atoms with E-state index in [-0.39, 0.29) is 11.1 Å². The fourth-order valence-corrected chi connectivity index (χ4v) is 4.12. The van der Waals surface area contributed by atoms with E-state index in [1.165, 1.54) is 10.5 Å². The highest BCUT2D eigenvalue weighted by atomic mass is 32.2. The van der Waals surface area contributed by atoms with Crippen molar-refractivity contribution in [2.24, 2.45) is 5.92 Å². The molecule has 1 aromatic rings. The highest BCUT2D eigenvalue weighted by Crippen LogP contribution is 2.27. The normalized spacial score (nSPS) is 24.0. The predicted molar refractivity (Wildman–Crippen MR) is 81.7 cm³/mol. The van der Waals surface area contributed by atoms with Gasteiger partial charge in [-0.1, -0.05) is 6.92 Å². The van der Waals surface area contributed by atoms with Crippen molar-refractivity contribution in [1.29, 1.82) is 0 Å². The Morgan fingerprint density at radius 2 is 2.29 bits per heavy atom. The maximum Gasteiger partial charge on any atom is 0.262 e. The molecule has 0 aliphatic carbocycles. The molecule has 2 atom stereocenters. The molecular weight excluding hydrogens is 290 g/mol. The summed E-state index contributed by atoms with van der Waals surface area (Å²) in [5, 5.41) is 3.15. The lowest BCUT2D eigenvalue weighted by Gasteiger charge is -2.35. The van der Waals surface area contributed by atoms with Gasteiger partial charge in [-0.05, 0) is 31.4 Å². The van der Waals surface area contributed by atoms with Crippen LogP contribution in [0.3, 0.4) is 0 Å². The summed E-state index contributed by atoms with van der Waals surface area (Å²) in [4.78, 5) is 4.08. The van der Waals surface area contributed by atoms with Crippen LogP contribution in [0.2, 0.25) is 0 Å². The van der Waals surface area contributed by atoms with Gasteiger partial charge in [0.15, 0.2) is 5.03 Å².